The number of alkyl halides is 3. The van der Waals surface area contributed by atoms with Crippen molar-refractivity contribution in [2.45, 2.75) is 19.5 Å². The highest BCUT2D eigenvalue weighted by Gasteiger charge is 2.35. The number of nitrogens with zero attached hydrogens (tertiary/aromatic N) is 2. The van der Waals surface area contributed by atoms with Crippen molar-refractivity contribution in [3.63, 3.8) is 0 Å². The van der Waals surface area contributed by atoms with E-state index in [1.165, 1.54) is 13.1 Å². The molecule has 6 nitrogen and oxygen atoms in total. The smallest absolute Gasteiger partial charge is 0.370 e. The molecule has 0 unspecified atom stereocenters. The Labute approximate surface area is 114 Å². The molecule has 0 bridgehead atoms. The van der Waals surface area contributed by atoms with Gasteiger partial charge in [-0.25, -0.2) is 9.97 Å². The van der Waals surface area contributed by atoms with E-state index in [0.29, 0.717) is 6.54 Å². The highest BCUT2D eigenvalue weighted by molar-refractivity contribution is 5.80. The van der Waals surface area contributed by atoms with Gasteiger partial charge in [0, 0.05) is 19.7 Å². The number of nitrogens with one attached hydrogen (secondary N) is 3. The summed E-state index contributed by atoms with van der Waals surface area (Å²) in [5.41, 5.74) is 0. The summed E-state index contributed by atoms with van der Waals surface area (Å²) in [5.74, 6) is -1.61. The summed E-state index contributed by atoms with van der Waals surface area (Å²) >= 11 is 0. The summed E-state index contributed by atoms with van der Waals surface area (Å²) < 4.78 is 38.0. The molecule has 0 fully saturated rings. The van der Waals surface area contributed by atoms with E-state index in [1.807, 2.05) is 6.92 Å². The van der Waals surface area contributed by atoms with Crippen LogP contribution in [0.5, 0.6) is 0 Å². The summed E-state index contributed by atoms with van der Waals surface area (Å²) in [6.07, 6.45) is -3.90. The first-order chi connectivity index (χ1) is 9.36. The van der Waals surface area contributed by atoms with Crippen molar-refractivity contribution >= 4 is 17.5 Å². The zero-order valence-electron chi connectivity index (χ0n) is 11.1. The Bertz CT molecular complexity index is 464. The number of hydrogen-bond acceptors (Lipinski definition) is 5. The van der Waals surface area contributed by atoms with E-state index in [1.54, 1.807) is 0 Å². The highest BCUT2D eigenvalue weighted by atomic mass is 19.4. The number of rotatable bonds is 6. The molecule has 1 heterocycles. The first kappa shape index (κ1) is 16.0. The number of hydrogen-bond donors (Lipinski definition) is 3. The molecule has 1 aromatic rings. The van der Waals surface area contributed by atoms with Crippen LogP contribution in [0.3, 0.4) is 0 Å². The Hall–Kier alpha value is -2.06. The number of halogens is 3. The molecule has 0 aromatic carbocycles. The molecular weight excluding hydrogens is 275 g/mol. The third-order valence-electron chi connectivity index (χ3n) is 2.24. The lowest BCUT2D eigenvalue weighted by Crippen LogP contribution is -2.27. The van der Waals surface area contributed by atoms with Gasteiger partial charge in [0.15, 0.2) is 0 Å². The van der Waals surface area contributed by atoms with E-state index in [2.05, 4.69) is 25.9 Å². The van der Waals surface area contributed by atoms with Gasteiger partial charge in [-0.15, -0.1) is 0 Å². The maximum absolute atomic E-state index is 12.7. The van der Waals surface area contributed by atoms with Gasteiger partial charge in [-0.1, -0.05) is 6.92 Å². The molecule has 0 radical (unpaired) electrons. The van der Waals surface area contributed by atoms with E-state index in [9.17, 15) is 18.0 Å². The molecule has 0 spiro atoms. The first-order valence-corrected chi connectivity index (χ1v) is 6.01. The lowest BCUT2D eigenvalue weighted by molar-refractivity contribution is -0.144. The van der Waals surface area contributed by atoms with Crippen LogP contribution in [-0.4, -0.2) is 36.0 Å². The van der Waals surface area contributed by atoms with Gasteiger partial charge in [0.05, 0.1) is 6.54 Å². The van der Waals surface area contributed by atoms with Gasteiger partial charge in [0.25, 0.3) is 0 Å². The van der Waals surface area contributed by atoms with Crippen molar-refractivity contribution in [2.75, 3.05) is 30.8 Å². The van der Waals surface area contributed by atoms with E-state index in [0.717, 1.165) is 6.42 Å². The Balaban J connectivity index is 2.94. The summed E-state index contributed by atoms with van der Waals surface area (Å²) in [6, 6.07) is 1.33. The molecule has 112 valence electrons. The lowest BCUT2D eigenvalue weighted by atomic mass is 10.4. The lowest BCUT2D eigenvalue weighted by Gasteiger charge is -2.12. The molecule has 3 N–H and O–H groups in total. The second-order valence-electron chi connectivity index (χ2n) is 3.91. The molecule has 0 aliphatic heterocycles. The summed E-state index contributed by atoms with van der Waals surface area (Å²) in [7, 11) is 1.43. The quantitative estimate of drug-likeness (QED) is 0.740. The minimum atomic E-state index is -4.65. The Morgan fingerprint density at radius 3 is 2.35 bits per heavy atom. The van der Waals surface area contributed by atoms with Crippen LogP contribution in [0, 0.1) is 0 Å². The van der Waals surface area contributed by atoms with Crippen molar-refractivity contribution in [3.05, 3.63) is 11.9 Å². The second-order valence-corrected chi connectivity index (χ2v) is 3.91. The van der Waals surface area contributed by atoms with Crippen LogP contribution in [-0.2, 0) is 11.0 Å². The van der Waals surface area contributed by atoms with Crippen LogP contribution in [0.25, 0.3) is 0 Å². The molecule has 0 saturated carbocycles. The highest BCUT2D eigenvalue weighted by Crippen LogP contribution is 2.28. The van der Waals surface area contributed by atoms with E-state index < -0.39 is 12.0 Å². The number of likely N-dealkylation sites (N-methyl/N-ethyl adjacent to an activating group) is 1. The number of carbonyl (C=O) groups is 1. The molecule has 20 heavy (non-hydrogen) atoms. The zero-order chi connectivity index (χ0) is 15.2. The van der Waals surface area contributed by atoms with Crippen molar-refractivity contribution < 1.29 is 18.0 Å². The Kier molecular flexibility index (Phi) is 5.53. The minimum absolute atomic E-state index is 0.0606. The maximum Gasteiger partial charge on any atom is 0.451 e. The van der Waals surface area contributed by atoms with Gasteiger partial charge in [0.1, 0.15) is 11.6 Å². The molecule has 9 heteroatoms. The van der Waals surface area contributed by atoms with Gasteiger partial charge in [-0.3, -0.25) is 4.79 Å². The third kappa shape index (κ3) is 4.90. The number of amides is 1. The third-order valence-corrected chi connectivity index (χ3v) is 2.24. The molecule has 0 atom stereocenters. The van der Waals surface area contributed by atoms with Gasteiger partial charge < -0.3 is 16.0 Å². The Morgan fingerprint density at radius 2 is 1.85 bits per heavy atom. The van der Waals surface area contributed by atoms with Crippen LogP contribution in [0.15, 0.2) is 6.07 Å². The summed E-state index contributed by atoms with van der Waals surface area (Å²) in [5, 5.41) is 7.62. The fourth-order valence-corrected chi connectivity index (χ4v) is 1.27. The maximum atomic E-state index is 12.7. The predicted molar refractivity (Wildman–Crippen MR) is 68.4 cm³/mol. The van der Waals surface area contributed by atoms with Crippen LogP contribution in [0.2, 0.25) is 0 Å². The van der Waals surface area contributed by atoms with Crippen molar-refractivity contribution in [1.82, 2.24) is 15.3 Å². The van der Waals surface area contributed by atoms with Gasteiger partial charge in [0.2, 0.25) is 11.7 Å². The SMILES string of the molecule is CCCNc1cc(NCC(=O)NC)nc(C(F)(F)F)n1. The Morgan fingerprint density at radius 1 is 1.25 bits per heavy atom. The molecule has 0 aliphatic carbocycles. The predicted octanol–water partition coefficient (Wildman–Crippen LogP) is 1.48. The van der Waals surface area contributed by atoms with Crippen LogP contribution in [0.1, 0.15) is 19.2 Å². The molecular formula is C11H16F3N5O. The number of carbonyl (C=O) groups excluding carboxylic acids is 1. The fraction of sp³-hybridized carbons (Fsp3) is 0.545. The monoisotopic (exact) mass is 291 g/mol. The molecule has 1 amide bonds. The number of anilines is 2. The van der Waals surface area contributed by atoms with Crippen LogP contribution >= 0.6 is 0 Å². The van der Waals surface area contributed by atoms with Crippen molar-refractivity contribution in [2.24, 2.45) is 0 Å². The van der Waals surface area contributed by atoms with Crippen molar-refractivity contribution in [1.29, 1.82) is 0 Å². The topological polar surface area (TPSA) is 78.9 Å². The second kappa shape index (κ2) is 6.92. The molecule has 1 aromatic heterocycles. The summed E-state index contributed by atoms with van der Waals surface area (Å²) in [4.78, 5) is 17.8. The first-order valence-electron chi connectivity index (χ1n) is 6.01. The van der Waals surface area contributed by atoms with Gasteiger partial charge >= 0.3 is 6.18 Å². The normalized spacial score (nSPS) is 11.1. The largest absolute Gasteiger partial charge is 0.451 e. The van der Waals surface area contributed by atoms with E-state index in [4.69, 9.17) is 0 Å². The number of aromatic nitrogens is 2. The zero-order valence-corrected chi connectivity index (χ0v) is 11.1. The van der Waals surface area contributed by atoms with Crippen molar-refractivity contribution in [3.8, 4) is 0 Å². The minimum Gasteiger partial charge on any atom is -0.370 e. The molecule has 0 aliphatic rings. The van der Waals surface area contributed by atoms with E-state index in [-0.39, 0.29) is 24.1 Å². The average Bonchev–Trinajstić information content (AvgIpc) is 2.41. The van der Waals surface area contributed by atoms with E-state index >= 15 is 0 Å². The van der Waals surface area contributed by atoms with Crippen LogP contribution < -0.4 is 16.0 Å². The van der Waals surface area contributed by atoms with Gasteiger partial charge in [-0.05, 0) is 6.42 Å². The van der Waals surface area contributed by atoms with Crippen LogP contribution in [0.4, 0.5) is 24.8 Å². The molecule has 1 rings (SSSR count). The average molecular weight is 291 g/mol. The molecule has 0 saturated heterocycles. The standard InChI is InChI=1S/C11H16F3N5O/c1-3-4-16-7-5-8(17-6-9(20)15-2)19-10(18-7)11(12,13)14/h5H,3-4,6H2,1-2H3,(H,15,20)(H2,16,17,18,19). The van der Waals surface area contributed by atoms with Gasteiger partial charge in [-0.2, -0.15) is 13.2 Å². The summed E-state index contributed by atoms with van der Waals surface area (Å²) in [6.45, 7) is 2.20. The fourth-order valence-electron chi connectivity index (χ4n) is 1.27.